The van der Waals surface area contributed by atoms with Crippen molar-refractivity contribution >= 4 is 30.5 Å². The van der Waals surface area contributed by atoms with E-state index in [-0.39, 0.29) is 25.5 Å². The van der Waals surface area contributed by atoms with Crippen LogP contribution >= 0.6 is 19.4 Å². The second-order valence-corrected chi connectivity index (χ2v) is 13.5. The van der Waals surface area contributed by atoms with E-state index in [2.05, 4.69) is 15.0 Å². The van der Waals surface area contributed by atoms with Crippen molar-refractivity contribution in [1.29, 1.82) is 0 Å². The van der Waals surface area contributed by atoms with Crippen LogP contribution < -0.4 is 0 Å². The lowest BCUT2D eigenvalue weighted by atomic mass is 10.1. The molecule has 4 aromatic rings. The number of thioether (sulfide) groups is 1. The lowest BCUT2D eigenvalue weighted by Crippen LogP contribution is -2.30. The molecule has 4 heterocycles. The smallest absolute Gasteiger partial charge is 0.331 e. The van der Waals surface area contributed by atoms with E-state index in [0.29, 0.717) is 17.6 Å². The third-order valence-electron chi connectivity index (χ3n) is 7.15. The number of hydrogen-bond acceptors (Lipinski definition) is 10. The summed E-state index contributed by atoms with van der Waals surface area (Å²) in [5.41, 5.74) is 3.20. The highest BCUT2D eigenvalue weighted by Gasteiger charge is 2.56. The first-order valence-corrected chi connectivity index (χ1v) is 16.5. The van der Waals surface area contributed by atoms with E-state index < -0.39 is 31.8 Å². The van der Waals surface area contributed by atoms with E-state index in [1.807, 2.05) is 85.3 Å². The molecule has 4 atom stereocenters. The molecule has 2 aromatic carbocycles. The van der Waals surface area contributed by atoms with Crippen LogP contribution in [-0.4, -0.2) is 56.0 Å². The Labute approximate surface area is 243 Å². The van der Waals surface area contributed by atoms with Crippen molar-refractivity contribution in [2.45, 2.75) is 68.8 Å². The molecule has 0 aliphatic carbocycles. The van der Waals surface area contributed by atoms with Gasteiger partial charge in [0, 0.05) is 0 Å². The Kier molecular flexibility index (Phi) is 8.29. The van der Waals surface area contributed by atoms with Crippen molar-refractivity contribution in [1.82, 2.24) is 19.5 Å². The molecule has 12 heteroatoms. The molecule has 216 valence electrons. The van der Waals surface area contributed by atoms with Gasteiger partial charge in [0.2, 0.25) is 0 Å². The van der Waals surface area contributed by atoms with Crippen molar-refractivity contribution in [3.8, 4) is 0 Å². The Morgan fingerprint density at radius 3 is 2.20 bits per heavy atom. The van der Waals surface area contributed by atoms with Gasteiger partial charge in [0.05, 0.1) is 31.8 Å². The monoisotopic (exact) mass is 596 g/mol. The molecular weight excluding hydrogens is 563 g/mol. The molecule has 2 saturated heterocycles. The normalized spacial score (nSPS) is 23.7. The number of hydrogen-bond donors (Lipinski definition) is 0. The molecule has 0 spiro atoms. The summed E-state index contributed by atoms with van der Waals surface area (Å²) in [7, 11) is -3.52. The summed E-state index contributed by atoms with van der Waals surface area (Å²) in [4.78, 5) is 13.4. The van der Waals surface area contributed by atoms with Crippen LogP contribution in [0.2, 0.25) is 0 Å². The lowest BCUT2D eigenvalue weighted by molar-refractivity contribution is -0.196. The predicted octanol–water partition coefficient (Wildman–Crippen LogP) is 5.98. The second-order valence-electron chi connectivity index (χ2n) is 10.5. The van der Waals surface area contributed by atoms with Crippen LogP contribution in [-0.2, 0) is 41.0 Å². The number of imidazole rings is 1. The van der Waals surface area contributed by atoms with Gasteiger partial charge in [0.25, 0.3) is 0 Å². The molecule has 6 rings (SSSR count). The molecule has 0 bridgehead atoms. The summed E-state index contributed by atoms with van der Waals surface area (Å²) in [6.45, 7) is 4.13. The van der Waals surface area contributed by atoms with E-state index in [0.717, 1.165) is 16.2 Å². The van der Waals surface area contributed by atoms with E-state index in [9.17, 15) is 4.57 Å². The van der Waals surface area contributed by atoms with Gasteiger partial charge in [-0.1, -0.05) is 60.7 Å². The summed E-state index contributed by atoms with van der Waals surface area (Å²) in [6, 6.07) is 19.3. The molecule has 0 amide bonds. The minimum atomic E-state index is -3.52. The van der Waals surface area contributed by atoms with Crippen molar-refractivity contribution in [3.05, 3.63) is 84.4 Å². The molecule has 41 heavy (non-hydrogen) atoms. The van der Waals surface area contributed by atoms with Gasteiger partial charge in [0.15, 0.2) is 17.7 Å². The quantitative estimate of drug-likeness (QED) is 0.117. The maximum Gasteiger partial charge on any atom is 0.331 e. The van der Waals surface area contributed by atoms with Gasteiger partial charge < -0.3 is 23.3 Å². The van der Waals surface area contributed by atoms with Gasteiger partial charge in [-0.2, -0.15) is 0 Å². The molecule has 2 aliphatic heterocycles. The molecule has 2 fully saturated rings. The molecular formula is C29H33N4O6PS. The lowest BCUT2D eigenvalue weighted by Gasteiger charge is -2.25. The summed E-state index contributed by atoms with van der Waals surface area (Å²) in [6.07, 6.45) is 3.98. The molecule has 0 unspecified atom stereocenters. The number of ether oxygens (including phenoxy) is 3. The predicted molar refractivity (Wildman–Crippen MR) is 154 cm³/mol. The Morgan fingerprint density at radius 2 is 1.56 bits per heavy atom. The largest absolute Gasteiger partial charge is 0.349 e. The molecule has 2 aromatic heterocycles. The molecule has 2 aliphatic rings. The van der Waals surface area contributed by atoms with Crippen LogP contribution in [0.3, 0.4) is 0 Å². The van der Waals surface area contributed by atoms with Crippen LogP contribution in [0.25, 0.3) is 11.2 Å². The SMILES string of the molecule is CSc1ncnc2c1ncn2[C@@H]1O[C@H](CCP(=O)(OCc2ccccc2)OCc2ccccc2)[C@H]2OC(C)(C)O[C@H]21. The van der Waals surface area contributed by atoms with Gasteiger partial charge >= 0.3 is 7.60 Å². The summed E-state index contributed by atoms with van der Waals surface area (Å²) in [5, 5.41) is 0.788. The Balaban J connectivity index is 1.22. The summed E-state index contributed by atoms with van der Waals surface area (Å²) < 4.78 is 47.1. The fourth-order valence-corrected chi connectivity index (χ4v) is 7.31. The van der Waals surface area contributed by atoms with Crippen LogP contribution in [0.5, 0.6) is 0 Å². The van der Waals surface area contributed by atoms with Gasteiger partial charge in [-0.3, -0.25) is 9.13 Å². The fourth-order valence-electron chi connectivity index (χ4n) is 5.23. The van der Waals surface area contributed by atoms with E-state index >= 15 is 0 Å². The summed E-state index contributed by atoms with van der Waals surface area (Å²) in [5.74, 6) is -0.803. The highest BCUT2D eigenvalue weighted by molar-refractivity contribution is 7.98. The van der Waals surface area contributed by atoms with Crippen LogP contribution in [0.1, 0.15) is 37.6 Å². The molecule has 10 nitrogen and oxygen atoms in total. The third kappa shape index (κ3) is 6.27. The number of benzene rings is 2. The van der Waals surface area contributed by atoms with Gasteiger partial charge in [-0.15, -0.1) is 11.8 Å². The minimum Gasteiger partial charge on any atom is -0.349 e. The first-order valence-electron chi connectivity index (χ1n) is 13.5. The first kappa shape index (κ1) is 28.5. The minimum absolute atomic E-state index is 0.153. The van der Waals surface area contributed by atoms with Crippen LogP contribution in [0.15, 0.2) is 78.3 Å². The zero-order chi connectivity index (χ0) is 28.5. The van der Waals surface area contributed by atoms with Crippen molar-refractivity contribution in [2.24, 2.45) is 0 Å². The standard InChI is InChI=1S/C29H33N4O6PS/c1-29(2)38-24-22(37-28(25(24)39-29)33-19-32-23-26(33)30-18-31-27(23)41-3)14-15-40(34,35-16-20-10-6-4-7-11-20)36-17-21-12-8-5-9-13-21/h4-13,18-19,22,24-25,28H,14-17H2,1-3H3/t22-,24-,25-,28-/m1/s1. The van der Waals surface area contributed by atoms with E-state index in [4.69, 9.17) is 23.3 Å². The average Bonchev–Trinajstić information content (AvgIpc) is 3.65. The van der Waals surface area contributed by atoms with Crippen molar-refractivity contribution < 1.29 is 27.8 Å². The van der Waals surface area contributed by atoms with E-state index in [1.165, 1.54) is 18.1 Å². The third-order valence-corrected chi connectivity index (χ3v) is 9.68. The Morgan fingerprint density at radius 1 is 0.927 bits per heavy atom. The topological polar surface area (TPSA) is 107 Å². The van der Waals surface area contributed by atoms with Crippen LogP contribution in [0, 0.1) is 0 Å². The Bertz CT molecular complexity index is 1470. The first-order chi connectivity index (χ1) is 19.8. The second kappa shape index (κ2) is 11.9. The van der Waals surface area contributed by atoms with Crippen molar-refractivity contribution in [3.63, 3.8) is 0 Å². The number of rotatable bonds is 11. The Hall–Kier alpha value is -2.63. The van der Waals surface area contributed by atoms with Gasteiger partial charge in [-0.05, 0) is 37.7 Å². The number of nitrogens with zero attached hydrogens (tertiary/aromatic N) is 4. The van der Waals surface area contributed by atoms with Crippen LogP contribution in [0.4, 0.5) is 0 Å². The zero-order valence-electron chi connectivity index (χ0n) is 23.2. The molecule has 0 radical (unpaired) electrons. The zero-order valence-corrected chi connectivity index (χ0v) is 24.9. The maximum atomic E-state index is 14.1. The molecule has 0 saturated carbocycles. The highest BCUT2D eigenvalue weighted by atomic mass is 32.2. The average molecular weight is 597 g/mol. The summed E-state index contributed by atoms with van der Waals surface area (Å²) >= 11 is 1.51. The van der Waals surface area contributed by atoms with Crippen molar-refractivity contribution in [2.75, 3.05) is 12.4 Å². The molecule has 0 N–H and O–H groups in total. The van der Waals surface area contributed by atoms with Gasteiger partial charge in [-0.25, -0.2) is 15.0 Å². The highest BCUT2D eigenvalue weighted by Crippen LogP contribution is 2.52. The number of fused-ring (bicyclic) bond motifs is 2. The fraction of sp³-hybridized carbons (Fsp3) is 0.414. The number of aromatic nitrogens is 4. The maximum absolute atomic E-state index is 14.1. The van der Waals surface area contributed by atoms with Gasteiger partial charge in [0.1, 0.15) is 29.1 Å². The van der Waals surface area contributed by atoms with E-state index in [1.54, 1.807) is 6.33 Å².